The van der Waals surface area contributed by atoms with Crippen LogP contribution in [0.4, 0.5) is 0 Å². The second kappa shape index (κ2) is 8.73. The molecular formula is C20H31N3O3. The monoisotopic (exact) mass is 361 g/mol. The quantitative estimate of drug-likeness (QED) is 0.803. The number of hydrogen-bond acceptors (Lipinski definition) is 5. The summed E-state index contributed by atoms with van der Waals surface area (Å²) in [4.78, 5) is 17.0. The molecule has 0 atom stereocenters. The standard InChI is InChI=1S/C20H31N3O3/c1-25-17-6-5-7-18(16-17)26-15-14-22-12-8-20(9-13-22,19(21)24)23-10-3-2-4-11-23/h5-7,16H,2-4,8-15H2,1H3,(H2,21,24). The molecule has 0 spiro atoms. The third-order valence-electron chi connectivity index (χ3n) is 5.82. The zero-order chi connectivity index (χ0) is 18.4. The Morgan fingerprint density at radius 1 is 1.12 bits per heavy atom. The number of piperidine rings is 2. The van der Waals surface area contributed by atoms with Crippen molar-refractivity contribution < 1.29 is 14.3 Å². The van der Waals surface area contributed by atoms with Crippen molar-refractivity contribution in [1.29, 1.82) is 0 Å². The Morgan fingerprint density at radius 3 is 2.46 bits per heavy atom. The first-order valence-electron chi connectivity index (χ1n) is 9.68. The zero-order valence-electron chi connectivity index (χ0n) is 15.8. The first kappa shape index (κ1) is 19.0. The number of benzene rings is 1. The number of primary amides is 1. The van der Waals surface area contributed by atoms with E-state index in [1.165, 1.54) is 19.3 Å². The zero-order valence-corrected chi connectivity index (χ0v) is 15.8. The van der Waals surface area contributed by atoms with E-state index in [2.05, 4.69) is 9.80 Å². The molecule has 1 aromatic carbocycles. The summed E-state index contributed by atoms with van der Waals surface area (Å²) in [5, 5.41) is 0. The van der Waals surface area contributed by atoms with Crippen LogP contribution in [0.2, 0.25) is 0 Å². The smallest absolute Gasteiger partial charge is 0.238 e. The van der Waals surface area contributed by atoms with Gasteiger partial charge < -0.3 is 15.2 Å². The lowest BCUT2D eigenvalue weighted by atomic mass is 9.83. The number of hydrogen-bond donors (Lipinski definition) is 1. The van der Waals surface area contributed by atoms with E-state index in [-0.39, 0.29) is 5.91 Å². The molecule has 0 unspecified atom stereocenters. The van der Waals surface area contributed by atoms with E-state index in [0.717, 1.165) is 57.1 Å². The first-order chi connectivity index (χ1) is 12.6. The molecular weight excluding hydrogens is 330 g/mol. The minimum absolute atomic E-state index is 0.147. The van der Waals surface area contributed by atoms with Crippen molar-refractivity contribution in [3.8, 4) is 11.5 Å². The number of nitrogens with zero attached hydrogens (tertiary/aromatic N) is 2. The molecule has 6 nitrogen and oxygen atoms in total. The van der Waals surface area contributed by atoms with E-state index in [4.69, 9.17) is 15.2 Å². The van der Waals surface area contributed by atoms with Gasteiger partial charge in [-0.2, -0.15) is 0 Å². The van der Waals surface area contributed by atoms with Crippen LogP contribution in [0.25, 0.3) is 0 Å². The van der Waals surface area contributed by atoms with E-state index >= 15 is 0 Å². The Morgan fingerprint density at radius 2 is 1.81 bits per heavy atom. The fourth-order valence-electron chi connectivity index (χ4n) is 4.17. The van der Waals surface area contributed by atoms with Crippen LogP contribution in [0.5, 0.6) is 11.5 Å². The molecule has 2 aliphatic rings. The van der Waals surface area contributed by atoms with Crippen LogP contribution in [0.1, 0.15) is 32.1 Å². The molecule has 1 aromatic rings. The van der Waals surface area contributed by atoms with Gasteiger partial charge in [0, 0.05) is 25.7 Å². The number of nitrogens with two attached hydrogens (primary N) is 1. The molecule has 1 amide bonds. The van der Waals surface area contributed by atoms with Gasteiger partial charge in [0.1, 0.15) is 23.6 Å². The number of carbonyl (C=O) groups excluding carboxylic acids is 1. The highest BCUT2D eigenvalue weighted by molar-refractivity contribution is 5.84. The van der Waals surface area contributed by atoms with Crippen LogP contribution in [0.3, 0.4) is 0 Å². The number of amides is 1. The van der Waals surface area contributed by atoms with E-state index in [9.17, 15) is 4.79 Å². The van der Waals surface area contributed by atoms with Gasteiger partial charge >= 0.3 is 0 Å². The molecule has 0 saturated carbocycles. The summed E-state index contributed by atoms with van der Waals surface area (Å²) >= 11 is 0. The van der Waals surface area contributed by atoms with Crippen molar-refractivity contribution >= 4 is 5.91 Å². The highest BCUT2D eigenvalue weighted by atomic mass is 16.5. The van der Waals surface area contributed by atoms with Gasteiger partial charge in [0.15, 0.2) is 0 Å². The van der Waals surface area contributed by atoms with Gasteiger partial charge in [-0.1, -0.05) is 12.5 Å². The summed E-state index contributed by atoms with van der Waals surface area (Å²) in [6.07, 6.45) is 5.25. The summed E-state index contributed by atoms with van der Waals surface area (Å²) in [5.74, 6) is 1.47. The molecule has 2 N–H and O–H groups in total. The number of likely N-dealkylation sites (tertiary alicyclic amines) is 2. The van der Waals surface area contributed by atoms with Crippen molar-refractivity contribution in [1.82, 2.24) is 9.80 Å². The van der Waals surface area contributed by atoms with Crippen molar-refractivity contribution in [3.63, 3.8) is 0 Å². The van der Waals surface area contributed by atoms with E-state index in [0.29, 0.717) is 6.61 Å². The number of carbonyl (C=O) groups is 1. The second-order valence-electron chi connectivity index (χ2n) is 7.31. The Bertz CT molecular complexity index is 594. The van der Waals surface area contributed by atoms with Crippen LogP contribution in [0, 0.1) is 0 Å². The molecule has 2 fully saturated rings. The molecule has 144 valence electrons. The van der Waals surface area contributed by atoms with Gasteiger partial charge in [-0.15, -0.1) is 0 Å². The van der Waals surface area contributed by atoms with E-state index in [1.807, 2.05) is 24.3 Å². The van der Waals surface area contributed by atoms with E-state index in [1.54, 1.807) is 7.11 Å². The maximum Gasteiger partial charge on any atom is 0.238 e. The van der Waals surface area contributed by atoms with Crippen molar-refractivity contribution in [2.45, 2.75) is 37.6 Å². The molecule has 0 aliphatic carbocycles. The summed E-state index contributed by atoms with van der Waals surface area (Å²) in [6.45, 7) is 5.26. The summed E-state index contributed by atoms with van der Waals surface area (Å²) in [7, 11) is 1.65. The highest BCUT2D eigenvalue weighted by Crippen LogP contribution is 2.31. The van der Waals surface area contributed by atoms with Gasteiger partial charge in [0.05, 0.1) is 7.11 Å². The number of rotatable bonds is 7. The van der Waals surface area contributed by atoms with Crippen LogP contribution >= 0.6 is 0 Å². The Hall–Kier alpha value is -1.79. The molecule has 6 heteroatoms. The molecule has 2 heterocycles. The topological polar surface area (TPSA) is 68.0 Å². The largest absolute Gasteiger partial charge is 0.497 e. The van der Waals surface area contributed by atoms with Gasteiger partial charge in [-0.25, -0.2) is 0 Å². The molecule has 2 aliphatic heterocycles. The Balaban J connectivity index is 1.48. The predicted molar refractivity (Wildman–Crippen MR) is 102 cm³/mol. The minimum Gasteiger partial charge on any atom is -0.497 e. The van der Waals surface area contributed by atoms with Crippen molar-refractivity contribution in [2.24, 2.45) is 5.73 Å². The maximum atomic E-state index is 12.3. The molecule has 0 aromatic heterocycles. The minimum atomic E-state index is -0.440. The van der Waals surface area contributed by atoms with Crippen LogP contribution in [-0.2, 0) is 4.79 Å². The predicted octanol–water partition coefficient (Wildman–Crippen LogP) is 1.88. The lowest BCUT2D eigenvalue weighted by Gasteiger charge is -2.48. The average Bonchev–Trinajstić information content (AvgIpc) is 2.69. The van der Waals surface area contributed by atoms with E-state index < -0.39 is 5.54 Å². The fourth-order valence-corrected chi connectivity index (χ4v) is 4.17. The third-order valence-corrected chi connectivity index (χ3v) is 5.82. The van der Waals surface area contributed by atoms with Crippen LogP contribution in [0.15, 0.2) is 24.3 Å². The molecule has 0 bridgehead atoms. The van der Waals surface area contributed by atoms with Crippen LogP contribution in [-0.4, -0.2) is 67.7 Å². The molecule has 2 saturated heterocycles. The SMILES string of the molecule is COc1cccc(OCCN2CCC(C(N)=O)(N3CCCCC3)CC2)c1. The molecule has 0 radical (unpaired) electrons. The third kappa shape index (κ3) is 4.30. The average molecular weight is 361 g/mol. The lowest BCUT2D eigenvalue weighted by molar-refractivity contribution is -0.135. The lowest BCUT2D eigenvalue weighted by Crippen LogP contribution is -2.63. The van der Waals surface area contributed by atoms with Crippen molar-refractivity contribution in [3.05, 3.63) is 24.3 Å². The normalized spacial score (nSPS) is 21.3. The van der Waals surface area contributed by atoms with Gasteiger partial charge in [-0.05, 0) is 50.9 Å². The van der Waals surface area contributed by atoms with Gasteiger partial charge in [-0.3, -0.25) is 14.6 Å². The summed E-state index contributed by atoms with van der Waals surface area (Å²) in [6, 6.07) is 7.66. The summed E-state index contributed by atoms with van der Waals surface area (Å²) in [5.41, 5.74) is 5.41. The van der Waals surface area contributed by atoms with Crippen LogP contribution < -0.4 is 15.2 Å². The second-order valence-corrected chi connectivity index (χ2v) is 7.31. The van der Waals surface area contributed by atoms with Gasteiger partial charge in [0.25, 0.3) is 0 Å². The number of ether oxygens (including phenoxy) is 2. The summed E-state index contributed by atoms with van der Waals surface area (Å²) < 4.78 is 11.1. The molecule has 3 rings (SSSR count). The van der Waals surface area contributed by atoms with Gasteiger partial charge in [0.2, 0.25) is 5.91 Å². The Labute approximate surface area is 156 Å². The first-order valence-corrected chi connectivity index (χ1v) is 9.68. The Kier molecular flexibility index (Phi) is 6.38. The fraction of sp³-hybridized carbons (Fsp3) is 0.650. The number of methoxy groups -OCH3 is 1. The highest BCUT2D eigenvalue weighted by Gasteiger charge is 2.44. The maximum absolute atomic E-state index is 12.3. The molecule has 26 heavy (non-hydrogen) atoms. The van der Waals surface area contributed by atoms with Crippen molar-refractivity contribution in [2.75, 3.05) is 46.4 Å².